The average molecular weight is 221 g/mol. The van der Waals surface area contributed by atoms with Crippen LogP contribution in [-0.4, -0.2) is 15.8 Å². The third kappa shape index (κ3) is 2.29. The highest BCUT2D eigenvalue weighted by Crippen LogP contribution is 2.22. The summed E-state index contributed by atoms with van der Waals surface area (Å²) in [7, 11) is 0. The first-order valence-corrected chi connectivity index (χ1v) is 6.60. The summed E-state index contributed by atoms with van der Waals surface area (Å²) in [6.45, 7) is 8.59. The van der Waals surface area contributed by atoms with Crippen molar-refractivity contribution in [3.63, 3.8) is 0 Å². The molecular weight excluding hydrogens is 198 g/mol. The van der Waals surface area contributed by atoms with Crippen molar-refractivity contribution in [3.05, 3.63) is 17.0 Å². The topological polar surface area (TPSA) is 29.9 Å². The van der Waals surface area contributed by atoms with Crippen molar-refractivity contribution in [1.29, 1.82) is 0 Å². The smallest absolute Gasteiger partial charge is 0.0669 e. The van der Waals surface area contributed by atoms with Crippen LogP contribution in [0, 0.1) is 0 Å². The minimum atomic E-state index is 0.777. The van der Waals surface area contributed by atoms with Crippen molar-refractivity contribution in [2.45, 2.75) is 65.6 Å². The lowest BCUT2D eigenvalue weighted by Crippen LogP contribution is -2.17. The van der Waals surface area contributed by atoms with E-state index in [0.717, 1.165) is 32.0 Å². The second kappa shape index (κ2) is 5.00. The lowest BCUT2D eigenvalue weighted by Gasteiger charge is -2.07. The number of hydrogen-bond donors (Lipinski definition) is 1. The van der Waals surface area contributed by atoms with E-state index in [0.29, 0.717) is 0 Å². The fourth-order valence-corrected chi connectivity index (χ4v) is 2.27. The zero-order valence-electron chi connectivity index (χ0n) is 10.7. The molecule has 0 amide bonds. The molecule has 1 aliphatic carbocycles. The molecule has 0 radical (unpaired) electrons. The fourth-order valence-electron chi connectivity index (χ4n) is 2.27. The quantitative estimate of drug-likeness (QED) is 0.798. The van der Waals surface area contributed by atoms with Crippen LogP contribution in [0.3, 0.4) is 0 Å². The van der Waals surface area contributed by atoms with Crippen LogP contribution in [-0.2, 0) is 25.9 Å². The van der Waals surface area contributed by atoms with Crippen molar-refractivity contribution >= 4 is 0 Å². The van der Waals surface area contributed by atoms with Crippen LogP contribution < -0.4 is 5.32 Å². The molecule has 1 aromatic rings. The molecule has 0 aliphatic heterocycles. The molecule has 1 N–H and O–H groups in total. The Hall–Kier alpha value is -0.830. The molecular formula is C13H23N3. The van der Waals surface area contributed by atoms with E-state index in [4.69, 9.17) is 5.10 Å². The van der Waals surface area contributed by atoms with E-state index in [-0.39, 0.29) is 0 Å². The molecule has 1 aliphatic rings. The van der Waals surface area contributed by atoms with Gasteiger partial charge in [-0.2, -0.15) is 5.10 Å². The Morgan fingerprint density at radius 2 is 2.00 bits per heavy atom. The van der Waals surface area contributed by atoms with Gasteiger partial charge < -0.3 is 5.32 Å². The molecule has 3 nitrogen and oxygen atoms in total. The average Bonchev–Trinajstić information content (AvgIpc) is 3.06. The normalized spacial score (nSPS) is 15.7. The second-order valence-electron chi connectivity index (χ2n) is 4.55. The zero-order chi connectivity index (χ0) is 11.5. The van der Waals surface area contributed by atoms with Crippen LogP contribution in [0.2, 0.25) is 0 Å². The molecule has 16 heavy (non-hydrogen) atoms. The highest BCUT2D eigenvalue weighted by molar-refractivity contribution is 5.27. The van der Waals surface area contributed by atoms with Crippen LogP contribution in [0.1, 0.15) is 50.6 Å². The number of aryl methyl sites for hydroxylation is 2. The summed E-state index contributed by atoms with van der Waals surface area (Å²) in [4.78, 5) is 0. The van der Waals surface area contributed by atoms with Gasteiger partial charge in [-0.3, -0.25) is 4.68 Å². The van der Waals surface area contributed by atoms with Gasteiger partial charge in [-0.05, 0) is 32.6 Å². The van der Waals surface area contributed by atoms with Crippen LogP contribution in [0.4, 0.5) is 0 Å². The highest BCUT2D eigenvalue weighted by atomic mass is 15.3. The van der Waals surface area contributed by atoms with Gasteiger partial charge in [0.05, 0.1) is 5.69 Å². The Morgan fingerprint density at radius 1 is 1.25 bits per heavy atom. The Morgan fingerprint density at radius 3 is 2.50 bits per heavy atom. The first-order valence-electron chi connectivity index (χ1n) is 6.60. The molecule has 2 rings (SSSR count). The van der Waals surface area contributed by atoms with Gasteiger partial charge in [0.25, 0.3) is 0 Å². The Balaban J connectivity index is 2.19. The van der Waals surface area contributed by atoms with Gasteiger partial charge in [-0.25, -0.2) is 0 Å². The summed E-state index contributed by atoms with van der Waals surface area (Å²) in [6, 6.07) is 0.777. The van der Waals surface area contributed by atoms with Gasteiger partial charge in [0.2, 0.25) is 0 Å². The Kier molecular flexibility index (Phi) is 3.64. The maximum absolute atomic E-state index is 4.69. The van der Waals surface area contributed by atoms with Gasteiger partial charge in [0, 0.05) is 30.4 Å². The molecule has 0 saturated heterocycles. The number of rotatable bonds is 6. The molecule has 1 heterocycles. The van der Waals surface area contributed by atoms with E-state index in [1.807, 2.05) is 0 Å². The van der Waals surface area contributed by atoms with Crippen molar-refractivity contribution in [3.8, 4) is 0 Å². The molecule has 0 spiro atoms. The number of hydrogen-bond acceptors (Lipinski definition) is 2. The van der Waals surface area contributed by atoms with Crippen molar-refractivity contribution in [1.82, 2.24) is 15.1 Å². The molecule has 90 valence electrons. The molecule has 1 saturated carbocycles. The number of nitrogens with zero attached hydrogens (tertiary/aromatic N) is 2. The molecule has 0 atom stereocenters. The Labute approximate surface area is 98.2 Å². The maximum atomic E-state index is 4.69. The third-order valence-electron chi connectivity index (χ3n) is 3.36. The molecule has 0 bridgehead atoms. The van der Waals surface area contributed by atoms with Gasteiger partial charge in [-0.1, -0.05) is 13.8 Å². The summed E-state index contributed by atoms with van der Waals surface area (Å²) in [6.07, 6.45) is 4.83. The first kappa shape index (κ1) is 11.6. The second-order valence-corrected chi connectivity index (χ2v) is 4.55. The van der Waals surface area contributed by atoms with Gasteiger partial charge >= 0.3 is 0 Å². The van der Waals surface area contributed by atoms with Crippen molar-refractivity contribution in [2.24, 2.45) is 0 Å². The monoisotopic (exact) mass is 221 g/mol. The fraction of sp³-hybridized carbons (Fsp3) is 0.769. The van der Waals surface area contributed by atoms with Crippen LogP contribution in [0.25, 0.3) is 0 Å². The molecule has 1 fully saturated rings. The van der Waals surface area contributed by atoms with Crippen LogP contribution in [0.5, 0.6) is 0 Å². The number of aromatic nitrogens is 2. The Bertz CT molecular complexity index is 350. The largest absolute Gasteiger partial charge is 0.310 e. The predicted molar refractivity (Wildman–Crippen MR) is 66.5 cm³/mol. The van der Waals surface area contributed by atoms with Crippen molar-refractivity contribution in [2.75, 3.05) is 0 Å². The molecule has 0 unspecified atom stereocenters. The molecule has 0 aromatic carbocycles. The zero-order valence-corrected chi connectivity index (χ0v) is 10.7. The van der Waals surface area contributed by atoms with E-state index in [9.17, 15) is 0 Å². The van der Waals surface area contributed by atoms with Gasteiger partial charge in [-0.15, -0.1) is 0 Å². The van der Waals surface area contributed by atoms with Crippen molar-refractivity contribution < 1.29 is 0 Å². The minimum Gasteiger partial charge on any atom is -0.310 e. The molecule has 3 heteroatoms. The van der Waals surface area contributed by atoms with Crippen LogP contribution in [0.15, 0.2) is 0 Å². The van der Waals surface area contributed by atoms with E-state index in [2.05, 4.69) is 30.8 Å². The summed E-state index contributed by atoms with van der Waals surface area (Å²) in [5, 5.41) is 8.30. The first-order chi connectivity index (χ1) is 7.80. The van der Waals surface area contributed by atoms with E-state index < -0.39 is 0 Å². The summed E-state index contributed by atoms with van der Waals surface area (Å²) < 4.78 is 2.17. The van der Waals surface area contributed by atoms with E-state index >= 15 is 0 Å². The highest BCUT2D eigenvalue weighted by Gasteiger charge is 2.22. The van der Waals surface area contributed by atoms with E-state index in [1.54, 1.807) is 0 Å². The SMILES string of the molecule is CCc1nn(CC)c(CC)c1CNC1CC1. The van der Waals surface area contributed by atoms with Crippen LogP contribution >= 0.6 is 0 Å². The summed E-state index contributed by atoms with van der Waals surface area (Å²) in [5.41, 5.74) is 4.16. The minimum absolute atomic E-state index is 0.777. The standard InChI is InChI=1S/C13H23N3/c1-4-12-11(9-14-10-7-8-10)13(5-2)16(6-3)15-12/h10,14H,4-9H2,1-3H3. The lowest BCUT2D eigenvalue weighted by molar-refractivity contribution is 0.614. The van der Waals surface area contributed by atoms with E-state index in [1.165, 1.54) is 29.8 Å². The summed E-state index contributed by atoms with van der Waals surface area (Å²) in [5.74, 6) is 0. The maximum Gasteiger partial charge on any atom is 0.0669 e. The lowest BCUT2D eigenvalue weighted by atomic mass is 10.1. The van der Waals surface area contributed by atoms with Gasteiger partial charge in [0.15, 0.2) is 0 Å². The number of nitrogens with one attached hydrogen (secondary N) is 1. The predicted octanol–water partition coefficient (Wildman–Crippen LogP) is 2.28. The summed E-state index contributed by atoms with van der Waals surface area (Å²) >= 11 is 0. The molecule has 1 aromatic heterocycles. The third-order valence-corrected chi connectivity index (χ3v) is 3.36. The van der Waals surface area contributed by atoms with Gasteiger partial charge in [0.1, 0.15) is 0 Å².